The Bertz CT molecular complexity index is 1010. The summed E-state index contributed by atoms with van der Waals surface area (Å²) in [6, 6.07) is 7.51. The number of hydrogen-bond acceptors (Lipinski definition) is 7. The fraction of sp³-hybridized carbons (Fsp3) is 0.300. The van der Waals surface area contributed by atoms with Crippen LogP contribution in [0.25, 0.3) is 11.5 Å². The van der Waals surface area contributed by atoms with Gasteiger partial charge in [-0.2, -0.15) is 0 Å². The third-order valence-electron chi connectivity index (χ3n) is 4.31. The van der Waals surface area contributed by atoms with Crippen LogP contribution < -0.4 is 10.6 Å². The summed E-state index contributed by atoms with van der Waals surface area (Å²) < 4.78 is 10.8. The molecule has 152 valence electrons. The lowest BCUT2D eigenvalue weighted by atomic mass is 10.1. The summed E-state index contributed by atoms with van der Waals surface area (Å²) >= 11 is 1.12. The van der Waals surface area contributed by atoms with E-state index in [0.29, 0.717) is 17.2 Å². The van der Waals surface area contributed by atoms with Crippen molar-refractivity contribution in [1.29, 1.82) is 0 Å². The molecule has 2 amide bonds. The molecule has 0 radical (unpaired) electrons. The Labute approximate surface area is 172 Å². The zero-order chi connectivity index (χ0) is 21.0. The van der Waals surface area contributed by atoms with Crippen molar-refractivity contribution in [2.24, 2.45) is 0 Å². The molecule has 1 aromatic carbocycles. The molecule has 29 heavy (non-hydrogen) atoms. The van der Waals surface area contributed by atoms with E-state index in [2.05, 4.69) is 20.8 Å². The molecule has 0 aliphatic carbocycles. The van der Waals surface area contributed by atoms with Crippen LogP contribution in [0.4, 0.5) is 5.69 Å². The molecule has 9 heteroatoms. The second-order valence-electron chi connectivity index (χ2n) is 6.56. The van der Waals surface area contributed by atoms with E-state index >= 15 is 0 Å². The minimum Gasteiger partial charge on any atom is -0.469 e. The zero-order valence-corrected chi connectivity index (χ0v) is 17.4. The van der Waals surface area contributed by atoms with Crippen molar-refractivity contribution in [3.05, 3.63) is 47.4 Å². The molecular formula is C20H22N4O4S. The number of amides is 2. The fourth-order valence-corrected chi connectivity index (χ4v) is 3.39. The van der Waals surface area contributed by atoms with Gasteiger partial charge in [0, 0.05) is 5.69 Å². The molecule has 2 aromatic heterocycles. The predicted octanol–water partition coefficient (Wildman–Crippen LogP) is 3.49. The van der Waals surface area contributed by atoms with Crippen LogP contribution in [-0.4, -0.2) is 33.8 Å². The summed E-state index contributed by atoms with van der Waals surface area (Å²) in [5, 5.41) is 13.1. The maximum atomic E-state index is 12.3. The first kappa shape index (κ1) is 20.7. The van der Waals surface area contributed by atoms with E-state index in [9.17, 15) is 9.59 Å². The van der Waals surface area contributed by atoms with Crippen LogP contribution in [0.2, 0.25) is 0 Å². The molecule has 0 saturated carbocycles. The lowest BCUT2D eigenvalue weighted by molar-refractivity contribution is -0.123. The minimum absolute atomic E-state index is 0.124. The highest BCUT2D eigenvalue weighted by molar-refractivity contribution is 8.00. The number of rotatable bonds is 7. The molecule has 0 aliphatic rings. The molecule has 0 saturated heterocycles. The van der Waals surface area contributed by atoms with Crippen molar-refractivity contribution in [2.45, 2.75) is 38.2 Å². The molecule has 0 aliphatic heterocycles. The summed E-state index contributed by atoms with van der Waals surface area (Å²) in [6.07, 6.45) is 1.54. The van der Waals surface area contributed by atoms with Crippen LogP contribution in [0, 0.1) is 20.8 Å². The van der Waals surface area contributed by atoms with Crippen molar-refractivity contribution >= 4 is 29.3 Å². The normalized spacial score (nSPS) is 11.9. The monoisotopic (exact) mass is 414 g/mol. The maximum absolute atomic E-state index is 12.3. The predicted molar refractivity (Wildman–Crippen MR) is 110 cm³/mol. The first-order valence-electron chi connectivity index (χ1n) is 9.03. The van der Waals surface area contributed by atoms with E-state index < -0.39 is 5.25 Å². The van der Waals surface area contributed by atoms with E-state index in [1.165, 1.54) is 0 Å². The van der Waals surface area contributed by atoms with Crippen molar-refractivity contribution in [3.63, 3.8) is 0 Å². The highest BCUT2D eigenvalue weighted by atomic mass is 32.2. The van der Waals surface area contributed by atoms with Crippen LogP contribution in [0.3, 0.4) is 0 Å². The summed E-state index contributed by atoms with van der Waals surface area (Å²) in [7, 11) is 0. The van der Waals surface area contributed by atoms with E-state index in [1.54, 1.807) is 26.2 Å². The van der Waals surface area contributed by atoms with Gasteiger partial charge in [0.25, 0.3) is 11.1 Å². The van der Waals surface area contributed by atoms with Gasteiger partial charge < -0.3 is 19.5 Å². The number of carbonyl (C=O) groups is 2. The first-order valence-corrected chi connectivity index (χ1v) is 9.91. The van der Waals surface area contributed by atoms with Gasteiger partial charge in [-0.25, -0.2) is 0 Å². The quantitative estimate of drug-likeness (QED) is 0.569. The Morgan fingerprint density at radius 2 is 1.86 bits per heavy atom. The summed E-state index contributed by atoms with van der Waals surface area (Å²) in [6.45, 7) is 7.22. The Morgan fingerprint density at radius 1 is 1.14 bits per heavy atom. The molecule has 3 rings (SSSR count). The molecular weight excluding hydrogens is 392 g/mol. The molecule has 0 spiro atoms. The van der Waals surface area contributed by atoms with Crippen molar-refractivity contribution < 1.29 is 18.4 Å². The molecule has 1 unspecified atom stereocenters. The van der Waals surface area contributed by atoms with Gasteiger partial charge >= 0.3 is 0 Å². The molecule has 3 aromatic rings. The number of para-hydroxylation sites is 1. The Kier molecular flexibility index (Phi) is 6.38. The second-order valence-corrected chi connectivity index (χ2v) is 7.85. The molecule has 2 N–H and O–H groups in total. The van der Waals surface area contributed by atoms with Crippen LogP contribution >= 0.6 is 11.8 Å². The number of hydrogen-bond donors (Lipinski definition) is 2. The number of thioether (sulfide) groups is 1. The molecule has 0 fully saturated rings. The average molecular weight is 414 g/mol. The first-order chi connectivity index (χ1) is 13.8. The number of benzene rings is 1. The number of nitrogens with one attached hydrogen (secondary N) is 2. The SMILES string of the molecule is Cc1cccc(C)c1NC(=O)CNC(=O)C(C)Sc1nnc(-c2ccoc2C)o1. The van der Waals surface area contributed by atoms with Crippen LogP contribution in [0.1, 0.15) is 23.8 Å². The number of carbonyl (C=O) groups excluding carboxylic acids is 2. The van der Waals surface area contributed by atoms with Crippen LogP contribution in [0.5, 0.6) is 0 Å². The highest BCUT2D eigenvalue weighted by Gasteiger charge is 2.20. The maximum Gasteiger partial charge on any atom is 0.277 e. The Morgan fingerprint density at radius 3 is 2.52 bits per heavy atom. The smallest absolute Gasteiger partial charge is 0.277 e. The summed E-state index contributed by atoms with van der Waals surface area (Å²) in [4.78, 5) is 24.5. The lowest BCUT2D eigenvalue weighted by Gasteiger charge is -2.13. The highest BCUT2D eigenvalue weighted by Crippen LogP contribution is 2.28. The number of aromatic nitrogens is 2. The van der Waals surface area contributed by atoms with Crippen LogP contribution in [-0.2, 0) is 9.59 Å². The van der Waals surface area contributed by atoms with Crippen molar-refractivity contribution in [2.75, 3.05) is 11.9 Å². The molecule has 1 atom stereocenters. The van der Waals surface area contributed by atoms with Crippen LogP contribution in [0.15, 0.2) is 44.6 Å². The molecule has 2 heterocycles. The second kappa shape index (κ2) is 8.95. The van der Waals surface area contributed by atoms with Gasteiger partial charge in [-0.15, -0.1) is 10.2 Å². The summed E-state index contributed by atoms with van der Waals surface area (Å²) in [5.74, 6) is 0.416. The van der Waals surface area contributed by atoms with Gasteiger partial charge in [0.05, 0.1) is 23.6 Å². The summed E-state index contributed by atoms with van der Waals surface area (Å²) in [5.41, 5.74) is 3.41. The number of furan rings is 1. The van der Waals surface area contributed by atoms with E-state index in [-0.39, 0.29) is 23.6 Å². The van der Waals surface area contributed by atoms with Gasteiger partial charge in [0.2, 0.25) is 11.8 Å². The largest absolute Gasteiger partial charge is 0.469 e. The van der Waals surface area contributed by atoms with Gasteiger partial charge in [-0.3, -0.25) is 9.59 Å². The number of anilines is 1. The van der Waals surface area contributed by atoms with E-state index in [1.807, 2.05) is 32.0 Å². The molecule has 8 nitrogen and oxygen atoms in total. The van der Waals surface area contributed by atoms with Gasteiger partial charge in [0.15, 0.2) is 0 Å². The minimum atomic E-state index is -0.512. The fourth-order valence-electron chi connectivity index (χ4n) is 2.68. The van der Waals surface area contributed by atoms with Crippen molar-refractivity contribution in [3.8, 4) is 11.5 Å². The van der Waals surface area contributed by atoms with Gasteiger partial charge in [-0.1, -0.05) is 30.0 Å². The zero-order valence-electron chi connectivity index (χ0n) is 16.6. The molecule has 0 bridgehead atoms. The Hall–Kier alpha value is -3.07. The van der Waals surface area contributed by atoms with E-state index in [4.69, 9.17) is 8.83 Å². The Balaban J connectivity index is 1.51. The third-order valence-corrected chi connectivity index (χ3v) is 5.25. The van der Waals surface area contributed by atoms with Gasteiger partial charge in [-0.05, 0) is 44.9 Å². The van der Waals surface area contributed by atoms with Gasteiger partial charge in [0.1, 0.15) is 5.76 Å². The third kappa shape index (κ3) is 5.05. The standard InChI is InChI=1S/C20H22N4O4S/c1-11-6-5-7-12(2)17(11)22-16(25)10-21-18(26)14(4)29-20-24-23-19(28-20)15-8-9-27-13(15)3/h5-9,14H,10H2,1-4H3,(H,21,26)(H,22,25). The number of nitrogens with zero attached hydrogens (tertiary/aromatic N) is 2. The van der Waals surface area contributed by atoms with Crippen molar-refractivity contribution in [1.82, 2.24) is 15.5 Å². The topological polar surface area (TPSA) is 110 Å². The average Bonchev–Trinajstić information content (AvgIpc) is 3.31. The van der Waals surface area contributed by atoms with E-state index in [0.717, 1.165) is 28.6 Å². The lowest BCUT2D eigenvalue weighted by Crippen LogP contribution is -2.37. The number of aryl methyl sites for hydroxylation is 3.